The molecule has 0 fully saturated rings. The molecule has 0 aromatic rings. The fraction of sp³-hybridized carbons (Fsp3) is 0.938. The Morgan fingerprint density at radius 3 is 1.11 bits per heavy atom. The number of ether oxygens (including phenoxy) is 1. The summed E-state index contributed by atoms with van der Waals surface area (Å²) in [7, 11) is 0. The third-order valence-corrected chi connectivity index (χ3v) is 7.45. The summed E-state index contributed by atoms with van der Waals surface area (Å²) in [6, 6.07) is 0. The molecular weight excluding hydrogens is 468 g/mol. The van der Waals surface area contributed by atoms with Crippen molar-refractivity contribution >= 4 is 22.8 Å². The zero-order valence-corrected chi connectivity index (χ0v) is 24.9. The van der Waals surface area contributed by atoms with E-state index < -0.39 is 0 Å². The molecule has 0 saturated heterocycles. The molecular formula is C32H61ClO3. The first-order chi connectivity index (χ1) is 17.7. The van der Waals surface area contributed by atoms with Gasteiger partial charge in [0.05, 0.1) is 6.61 Å². The Kier molecular flexibility index (Phi) is 30.2. The highest BCUT2D eigenvalue weighted by molar-refractivity contribution is 6.63. The molecule has 0 aromatic carbocycles. The van der Waals surface area contributed by atoms with Gasteiger partial charge >= 0.3 is 5.97 Å². The number of hydrogen-bond acceptors (Lipinski definition) is 3. The van der Waals surface area contributed by atoms with Gasteiger partial charge in [0.15, 0.2) is 0 Å². The molecule has 0 radical (unpaired) electrons. The van der Waals surface area contributed by atoms with Crippen LogP contribution in [0, 0.1) is 0 Å². The van der Waals surface area contributed by atoms with Crippen LogP contribution in [-0.2, 0) is 14.3 Å². The monoisotopic (exact) mass is 528 g/mol. The van der Waals surface area contributed by atoms with E-state index in [1.54, 1.807) is 0 Å². The molecule has 0 spiro atoms. The van der Waals surface area contributed by atoms with E-state index in [-0.39, 0.29) is 11.2 Å². The van der Waals surface area contributed by atoms with Gasteiger partial charge in [0.1, 0.15) is 0 Å². The second-order valence-corrected chi connectivity index (χ2v) is 11.3. The number of esters is 1. The summed E-state index contributed by atoms with van der Waals surface area (Å²) in [6.45, 7) is 2.88. The van der Waals surface area contributed by atoms with Gasteiger partial charge in [0.25, 0.3) is 0 Å². The lowest BCUT2D eigenvalue weighted by molar-refractivity contribution is -0.143. The van der Waals surface area contributed by atoms with Crippen LogP contribution in [0.25, 0.3) is 0 Å². The van der Waals surface area contributed by atoms with Crippen molar-refractivity contribution in [3.8, 4) is 0 Å². The van der Waals surface area contributed by atoms with Gasteiger partial charge in [-0.3, -0.25) is 9.59 Å². The van der Waals surface area contributed by atoms with Gasteiger partial charge in [-0.25, -0.2) is 0 Å². The predicted molar refractivity (Wildman–Crippen MR) is 157 cm³/mol. The normalized spacial score (nSPS) is 11.2. The minimum absolute atomic E-state index is 0.00519. The van der Waals surface area contributed by atoms with Gasteiger partial charge in [-0.2, -0.15) is 0 Å². The molecule has 0 aliphatic carbocycles. The van der Waals surface area contributed by atoms with E-state index >= 15 is 0 Å². The lowest BCUT2D eigenvalue weighted by atomic mass is 10.0. The maximum Gasteiger partial charge on any atom is 0.305 e. The zero-order chi connectivity index (χ0) is 26.4. The van der Waals surface area contributed by atoms with Crippen LogP contribution in [0.2, 0.25) is 0 Å². The molecule has 0 heterocycles. The van der Waals surface area contributed by atoms with E-state index in [1.165, 1.54) is 141 Å². The van der Waals surface area contributed by atoms with E-state index in [0.29, 0.717) is 19.4 Å². The fourth-order valence-corrected chi connectivity index (χ4v) is 4.99. The van der Waals surface area contributed by atoms with Crippen LogP contribution < -0.4 is 0 Å². The third kappa shape index (κ3) is 31.5. The standard InChI is InChI=1S/C32H61ClO3/c1-2-3-4-5-6-7-8-10-14-17-20-23-26-29-32(35)36-30-27-24-21-18-15-12-9-11-13-16-19-22-25-28-31(33)34/h2-30H2,1H3. The molecule has 0 aliphatic rings. The van der Waals surface area contributed by atoms with Gasteiger partial charge in [0, 0.05) is 12.8 Å². The Hall–Kier alpha value is -0.570. The summed E-state index contributed by atoms with van der Waals surface area (Å²) in [5.74, 6) is 0.00519. The quantitative estimate of drug-likeness (QED) is 0.0528. The van der Waals surface area contributed by atoms with Crippen LogP contribution in [0.15, 0.2) is 0 Å². The Morgan fingerprint density at radius 1 is 0.444 bits per heavy atom. The van der Waals surface area contributed by atoms with Crippen LogP contribution >= 0.6 is 11.6 Å². The molecule has 0 rings (SSSR count). The van der Waals surface area contributed by atoms with Gasteiger partial charge < -0.3 is 4.74 Å². The Balaban J connectivity index is 3.15. The van der Waals surface area contributed by atoms with Crippen molar-refractivity contribution in [2.75, 3.05) is 6.61 Å². The van der Waals surface area contributed by atoms with E-state index in [4.69, 9.17) is 16.3 Å². The molecule has 0 saturated carbocycles. The molecule has 0 amide bonds. The van der Waals surface area contributed by atoms with E-state index in [2.05, 4.69) is 6.92 Å². The molecule has 0 atom stereocenters. The first kappa shape index (κ1) is 35.4. The lowest BCUT2D eigenvalue weighted by Crippen LogP contribution is -2.05. The topological polar surface area (TPSA) is 43.4 Å². The number of rotatable bonds is 30. The molecule has 0 N–H and O–H groups in total. The number of carbonyl (C=O) groups is 2. The summed E-state index contributed by atoms with van der Waals surface area (Å²) in [5, 5.41) is -0.198. The highest BCUT2D eigenvalue weighted by Crippen LogP contribution is 2.15. The Morgan fingerprint density at radius 2 is 0.750 bits per heavy atom. The van der Waals surface area contributed by atoms with Crippen LogP contribution in [0.3, 0.4) is 0 Å². The van der Waals surface area contributed by atoms with E-state index in [0.717, 1.165) is 25.7 Å². The number of hydrogen-bond donors (Lipinski definition) is 0. The van der Waals surface area contributed by atoms with E-state index in [1.807, 2.05) is 0 Å². The van der Waals surface area contributed by atoms with Gasteiger partial charge in [0.2, 0.25) is 5.24 Å². The second kappa shape index (κ2) is 30.7. The molecule has 4 heteroatoms. The first-order valence-electron chi connectivity index (χ1n) is 16.0. The summed E-state index contributed by atoms with van der Waals surface area (Å²) in [6.07, 6.45) is 34.5. The Labute approximate surface area is 230 Å². The molecule has 36 heavy (non-hydrogen) atoms. The van der Waals surface area contributed by atoms with Crippen molar-refractivity contribution in [2.24, 2.45) is 0 Å². The minimum Gasteiger partial charge on any atom is -0.466 e. The van der Waals surface area contributed by atoms with Gasteiger partial charge in [-0.05, 0) is 30.9 Å². The van der Waals surface area contributed by atoms with Crippen LogP contribution in [0.4, 0.5) is 0 Å². The van der Waals surface area contributed by atoms with Crippen LogP contribution in [-0.4, -0.2) is 17.8 Å². The minimum atomic E-state index is -0.198. The van der Waals surface area contributed by atoms with Crippen LogP contribution in [0.1, 0.15) is 187 Å². The third-order valence-electron chi connectivity index (χ3n) is 7.27. The van der Waals surface area contributed by atoms with Gasteiger partial charge in [-0.15, -0.1) is 0 Å². The summed E-state index contributed by atoms with van der Waals surface area (Å²) in [5.41, 5.74) is 0. The summed E-state index contributed by atoms with van der Waals surface area (Å²) in [4.78, 5) is 22.5. The van der Waals surface area contributed by atoms with Gasteiger partial charge in [-0.1, -0.05) is 155 Å². The predicted octanol–water partition coefficient (Wildman–Crippen LogP) is 11.2. The number of halogens is 1. The molecule has 3 nitrogen and oxygen atoms in total. The molecule has 0 aromatic heterocycles. The Bertz CT molecular complexity index is 466. The summed E-state index contributed by atoms with van der Waals surface area (Å²) < 4.78 is 5.41. The molecule has 0 unspecified atom stereocenters. The maximum absolute atomic E-state index is 11.9. The molecule has 214 valence electrons. The highest BCUT2D eigenvalue weighted by Gasteiger charge is 2.03. The maximum atomic E-state index is 11.9. The van der Waals surface area contributed by atoms with Crippen molar-refractivity contribution in [3.63, 3.8) is 0 Å². The van der Waals surface area contributed by atoms with E-state index in [9.17, 15) is 9.59 Å². The summed E-state index contributed by atoms with van der Waals surface area (Å²) >= 11 is 5.34. The van der Waals surface area contributed by atoms with Crippen molar-refractivity contribution in [3.05, 3.63) is 0 Å². The average molecular weight is 529 g/mol. The molecule has 0 aliphatic heterocycles. The SMILES string of the molecule is CCCCCCCCCCCCCCCC(=O)OCCCCCCCCCCCCCCCC(=O)Cl. The zero-order valence-electron chi connectivity index (χ0n) is 24.1. The average Bonchev–Trinajstić information content (AvgIpc) is 2.86. The first-order valence-corrected chi connectivity index (χ1v) is 16.4. The van der Waals surface area contributed by atoms with Crippen LogP contribution in [0.5, 0.6) is 0 Å². The van der Waals surface area contributed by atoms with Crippen molar-refractivity contribution in [1.82, 2.24) is 0 Å². The fourth-order valence-electron chi connectivity index (χ4n) is 4.86. The smallest absolute Gasteiger partial charge is 0.305 e. The van der Waals surface area contributed by atoms with Crippen molar-refractivity contribution in [1.29, 1.82) is 0 Å². The second-order valence-electron chi connectivity index (χ2n) is 10.9. The lowest BCUT2D eigenvalue weighted by Gasteiger charge is -2.06. The van der Waals surface area contributed by atoms with Crippen molar-refractivity contribution < 1.29 is 14.3 Å². The van der Waals surface area contributed by atoms with Crippen molar-refractivity contribution in [2.45, 2.75) is 187 Å². The molecule has 0 bridgehead atoms. The number of unbranched alkanes of at least 4 members (excludes halogenated alkanes) is 24. The largest absolute Gasteiger partial charge is 0.466 e. The number of carbonyl (C=O) groups excluding carboxylic acids is 2. The highest BCUT2D eigenvalue weighted by atomic mass is 35.5.